The van der Waals surface area contributed by atoms with E-state index in [0.717, 1.165) is 0 Å². The van der Waals surface area contributed by atoms with Crippen LogP contribution in [-0.2, 0) is 0 Å². The van der Waals surface area contributed by atoms with Crippen molar-refractivity contribution in [3.8, 4) is 6.07 Å². The van der Waals surface area contributed by atoms with E-state index in [9.17, 15) is 0 Å². The van der Waals surface area contributed by atoms with Gasteiger partial charge < -0.3 is 5.32 Å². The van der Waals surface area contributed by atoms with Gasteiger partial charge in [-0.1, -0.05) is 40.9 Å². The van der Waals surface area contributed by atoms with Gasteiger partial charge in [0, 0.05) is 6.20 Å². The van der Waals surface area contributed by atoms with Gasteiger partial charge in [-0.15, -0.1) is 0 Å². The first-order chi connectivity index (χ1) is 8.63. The number of nitrogens with one attached hydrogen (secondary N) is 1. The van der Waals surface area contributed by atoms with E-state index < -0.39 is 0 Å². The molecule has 90 valence electrons. The quantitative estimate of drug-likeness (QED) is 0.877. The lowest BCUT2D eigenvalue weighted by Gasteiger charge is -2.10. The molecule has 0 aliphatic heterocycles. The summed E-state index contributed by atoms with van der Waals surface area (Å²) in [5.74, 6) is 0.361. The van der Waals surface area contributed by atoms with Crippen LogP contribution in [0, 0.1) is 11.3 Å². The third-order valence-corrected chi connectivity index (χ3v) is 3.42. The minimum atomic E-state index is 0.246. The van der Waals surface area contributed by atoms with E-state index in [-0.39, 0.29) is 5.02 Å². The molecule has 0 spiro atoms. The van der Waals surface area contributed by atoms with Crippen LogP contribution in [0.1, 0.15) is 5.56 Å². The number of aromatic nitrogens is 1. The molecule has 0 aliphatic carbocycles. The van der Waals surface area contributed by atoms with Crippen molar-refractivity contribution < 1.29 is 0 Å². The van der Waals surface area contributed by atoms with Gasteiger partial charge in [0.1, 0.15) is 11.1 Å². The molecule has 0 saturated carbocycles. The van der Waals surface area contributed by atoms with Crippen LogP contribution >= 0.6 is 34.8 Å². The van der Waals surface area contributed by atoms with Gasteiger partial charge in [0.25, 0.3) is 0 Å². The monoisotopic (exact) mass is 297 g/mol. The van der Waals surface area contributed by atoms with Crippen LogP contribution in [-0.4, -0.2) is 4.98 Å². The van der Waals surface area contributed by atoms with Crippen molar-refractivity contribution >= 4 is 46.3 Å². The number of anilines is 2. The summed E-state index contributed by atoms with van der Waals surface area (Å²) in [6, 6.07) is 8.68. The third kappa shape index (κ3) is 2.51. The molecule has 18 heavy (non-hydrogen) atoms. The molecule has 2 aromatic rings. The largest absolute Gasteiger partial charge is 0.338 e. The zero-order valence-corrected chi connectivity index (χ0v) is 11.2. The van der Waals surface area contributed by atoms with Crippen LogP contribution in [0.2, 0.25) is 15.1 Å². The number of hydrogen-bond acceptors (Lipinski definition) is 3. The first-order valence-corrected chi connectivity index (χ1v) is 6.02. The molecule has 6 heteroatoms. The lowest BCUT2D eigenvalue weighted by Crippen LogP contribution is -1.96. The Hall–Kier alpha value is -1.47. The SMILES string of the molecule is N#Cc1ccnc(Nc2cccc(Cl)c2Cl)c1Cl. The number of hydrogen-bond donors (Lipinski definition) is 1. The second-order valence-corrected chi connectivity index (χ2v) is 4.52. The Kier molecular flexibility index (Phi) is 3.93. The van der Waals surface area contributed by atoms with Gasteiger partial charge in [-0.25, -0.2) is 4.98 Å². The smallest absolute Gasteiger partial charge is 0.150 e. The van der Waals surface area contributed by atoms with E-state index in [1.165, 1.54) is 12.3 Å². The summed E-state index contributed by atoms with van der Waals surface area (Å²) in [6.45, 7) is 0. The number of halogens is 3. The molecule has 1 N–H and O–H groups in total. The number of rotatable bonds is 2. The average Bonchev–Trinajstić information content (AvgIpc) is 2.37. The Balaban J connectivity index is 2.41. The standard InChI is InChI=1S/C12H6Cl3N3/c13-8-2-1-3-9(11(8)15)18-12-10(14)7(6-16)4-5-17-12/h1-5H,(H,17,18). The van der Waals surface area contributed by atoms with Crippen molar-refractivity contribution in [1.82, 2.24) is 4.98 Å². The third-order valence-electron chi connectivity index (χ3n) is 2.21. The highest BCUT2D eigenvalue weighted by Crippen LogP contribution is 2.33. The summed E-state index contributed by atoms with van der Waals surface area (Å²) in [5, 5.41) is 12.9. The van der Waals surface area contributed by atoms with E-state index in [2.05, 4.69) is 10.3 Å². The summed E-state index contributed by atoms with van der Waals surface area (Å²) < 4.78 is 0. The van der Waals surface area contributed by atoms with Crippen LogP contribution in [0.25, 0.3) is 0 Å². The Morgan fingerprint density at radius 2 is 1.89 bits per heavy atom. The highest BCUT2D eigenvalue weighted by Gasteiger charge is 2.10. The molecule has 3 nitrogen and oxygen atoms in total. The zero-order chi connectivity index (χ0) is 13.1. The molecule has 1 heterocycles. The number of nitrogens with zero attached hydrogens (tertiary/aromatic N) is 2. The highest BCUT2D eigenvalue weighted by molar-refractivity contribution is 6.43. The second kappa shape index (κ2) is 5.45. The normalized spacial score (nSPS) is 9.89. The Labute approximate surface area is 119 Å². The Morgan fingerprint density at radius 3 is 2.61 bits per heavy atom. The maximum Gasteiger partial charge on any atom is 0.150 e. The number of pyridine rings is 1. The topological polar surface area (TPSA) is 48.7 Å². The molecule has 0 fully saturated rings. The van der Waals surface area contributed by atoms with Gasteiger partial charge in [0.15, 0.2) is 5.82 Å². The molecule has 1 aromatic heterocycles. The molecule has 2 rings (SSSR count). The van der Waals surface area contributed by atoms with Gasteiger partial charge in [-0.05, 0) is 18.2 Å². The van der Waals surface area contributed by atoms with Crippen LogP contribution in [0.5, 0.6) is 0 Å². The van der Waals surface area contributed by atoms with Crippen molar-refractivity contribution in [2.24, 2.45) is 0 Å². The Morgan fingerprint density at radius 1 is 1.11 bits per heavy atom. The molecule has 0 bridgehead atoms. The van der Waals surface area contributed by atoms with Gasteiger partial charge in [-0.3, -0.25) is 0 Å². The fourth-order valence-corrected chi connectivity index (χ4v) is 1.89. The summed E-state index contributed by atoms with van der Waals surface area (Å²) in [7, 11) is 0. The van der Waals surface area contributed by atoms with Crippen molar-refractivity contribution in [3.05, 3.63) is 51.1 Å². The maximum absolute atomic E-state index is 8.87. The lowest BCUT2D eigenvalue weighted by molar-refractivity contribution is 1.29. The molecule has 0 atom stereocenters. The van der Waals surface area contributed by atoms with Gasteiger partial charge in [0.05, 0.1) is 21.3 Å². The van der Waals surface area contributed by atoms with Crippen molar-refractivity contribution in [3.63, 3.8) is 0 Å². The maximum atomic E-state index is 8.87. The van der Waals surface area contributed by atoms with E-state index >= 15 is 0 Å². The summed E-state index contributed by atoms with van der Waals surface area (Å²) in [5.41, 5.74) is 0.918. The van der Waals surface area contributed by atoms with Gasteiger partial charge in [0.2, 0.25) is 0 Å². The lowest BCUT2D eigenvalue weighted by atomic mass is 10.2. The summed E-state index contributed by atoms with van der Waals surface area (Å²) >= 11 is 18.0. The first kappa shape index (κ1) is 13.0. The van der Waals surface area contributed by atoms with Crippen molar-refractivity contribution in [2.75, 3.05) is 5.32 Å². The van der Waals surface area contributed by atoms with Crippen molar-refractivity contribution in [2.45, 2.75) is 0 Å². The predicted octanol–water partition coefficient (Wildman–Crippen LogP) is 4.66. The fraction of sp³-hybridized carbons (Fsp3) is 0. The fourth-order valence-electron chi connectivity index (χ4n) is 1.35. The van der Waals surface area contributed by atoms with Gasteiger partial charge >= 0.3 is 0 Å². The Bertz CT molecular complexity index is 635. The zero-order valence-electron chi connectivity index (χ0n) is 8.92. The predicted molar refractivity (Wildman–Crippen MR) is 73.7 cm³/mol. The molecule has 0 saturated heterocycles. The molecule has 0 aliphatic rings. The number of benzene rings is 1. The minimum absolute atomic E-state index is 0.246. The summed E-state index contributed by atoms with van der Waals surface area (Å²) in [4.78, 5) is 4.06. The molecular weight excluding hydrogens is 293 g/mol. The number of nitriles is 1. The van der Waals surface area contributed by atoms with Crippen LogP contribution in [0.3, 0.4) is 0 Å². The van der Waals surface area contributed by atoms with E-state index in [1.54, 1.807) is 18.2 Å². The molecule has 0 unspecified atom stereocenters. The molecule has 0 radical (unpaired) electrons. The van der Waals surface area contributed by atoms with Crippen molar-refractivity contribution in [1.29, 1.82) is 5.26 Å². The first-order valence-electron chi connectivity index (χ1n) is 4.89. The van der Waals surface area contributed by atoms with Crippen LogP contribution in [0.4, 0.5) is 11.5 Å². The molecule has 0 amide bonds. The molecule has 1 aromatic carbocycles. The second-order valence-electron chi connectivity index (χ2n) is 3.36. The average molecular weight is 299 g/mol. The summed E-state index contributed by atoms with van der Waals surface area (Å²) in [6.07, 6.45) is 1.49. The minimum Gasteiger partial charge on any atom is -0.338 e. The molecular formula is C12H6Cl3N3. The van der Waals surface area contributed by atoms with E-state index in [0.29, 0.717) is 27.1 Å². The van der Waals surface area contributed by atoms with Crippen LogP contribution in [0.15, 0.2) is 30.5 Å². The van der Waals surface area contributed by atoms with Gasteiger partial charge in [-0.2, -0.15) is 5.26 Å². The highest BCUT2D eigenvalue weighted by atomic mass is 35.5. The van der Waals surface area contributed by atoms with E-state index in [1.807, 2.05) is 6.07 Å². The van der Waals surface area contributed by atoms with E-state index in [4.69, 9.17) is 40.1 Å². The van der Waals surface area contributed by atoms with Crippen LogP contribution < -0.4 is 5.32 Å².